The number of carbonyl (C=O) groups excluding carboxylic acids is 1. The number of nitrogens with one attached hydrogen (secondary N) is 1. The average molecular weight is 473 g/mol. The van der Waals surface area contributed by atoms with Gasteiger partial charge in [0.2, 0.25) is 5.91 Å². The molecule has 0 aliphatic carbocycles. The van der Waals surface area contributed by atoms with Crippen molar-refractivity contribution in [2.75, 3.05) is 11.1 Å². The summed E-state index contributed by atoms with van der Waals surface area (Å²) in [5, 5.41) is 17.0. The number of rotatable bonds is 8. The van der Waals surface area contributed by atoms with E-state index in [2.05, 4.69) is 33.3 Å². The maximum atomic E-state index is 12.8. The number of thioether (sulfide) groups is 1. The molecule has 2 aromatic carbocycles. The van der Waals surface area contributed by atoms with Crippen molar-refractivity contribution in [2.24, 2.45) is 0 Å². The van der Waals surface area contributed by atoms with Gasteiger partial charge in [-0.1, -0.05) is 59.3 Å². The van der Waals surface area contributed by atoms with E-state index >= 15 is 0 Å². The van der Waals surface area contributed by atoms with Gasteiger partial charge < -0.3 is 5.32 Å². The van der Waals surface area contributed by atoms with Crippen LogP contribution in [0.2, 0.25) is 0 Å². The third-order valence-corrected chi connectivity index (χ3v) is 6.44. The van der Waals surface area contributed by atoms with Crippen molar-refractivity contribution in [3.63, 3.8) is 0 Å². The quantitative estimate of drug-likeness (QED) is 0.279. The first-order chi connectivity index (χ1) is 16.4. The lowest BCUT2D eigenvalue weighted by molar-refractivity contribution is -0.113. The standard InChI is InChI=1S/C26H28N6OS/c1-6-14-31-25(21-9-7-8-18(3)15-21)28-29-26(31)34-16-23(33)27-24-19(4)30-32(20(24)5)22-12-10-17(2)11-13-22/h6-13,15H,1,14,16H2,2-5H3,(H,27,33). The average Bonchev–Trinajstić information content (AvgIpc) is 3.34. The largest absolute Gasteiger partial charge is 0.322 e. The highest BCUT2D eigenvalue weighted by molar-refractivity contribution is 7.99. The predicted octanol–water partition coefficient (Wildman–Crippen LogP) is 5.28. The number of hydrogen-bond acceptors (Lipinski definition) is 5. The monoisotopic (exact) mass is 472 g/mol. The minimum atomic E-state index is -0.120. The summed E-state index contributed by atoms with van der Waals surface area (Å²) < 4.78 is 3.83. The molecule has 8 heteroatoms. The molecule has 0 radical (unpaired) electrons. The van der Waals surface area contributed by atoms with Crippen LogP contribution >= 0.6 is 11.8 Å². The Morgan fingerprint density at radius 2 is 1.82 bits per heavy atom. The first-order valence-electron chi connectivity index (χ1n) is 11.0. The Morgan fingerprint density at radius 3 is 2.53 bits per heavy atom. The molecule has 2 aromatic heterocycles. The van der Waals surface area contributed by atoms with Gasteiger partial charge in [0.15, 0.2) is 11.0 Å². The summed E-state index contributed by atoms with van der Waals surface area (Å²) >= 11 is 1.35. The highest BCUT2D eigenvalue weighted by Crippen LogP contribution is 2.26. The van der Waals surface area contributed by atoms with E-state index in [0.29, 0.717) is 11.7 Å². The summed E-state index contributed by atoms with van der Waals surface area (Å²) in [6, 6.07) is 16.3. The van der Waals surface area contributed by atoms with Gasteiger partial charge in [-0.2, -0.15) is 5.10 Å². The predicted molar refractivity (Wildman–Crippen MR) is 138 cm³/mol. The lowest BCUT2D eigenvalue weighted by Crippen LogP contribution is -2.16. The number of anilines is 1. The van der Waals surface area contributed by atoms with Crippen molar-refractivity contribution in [1.82, 2.24) is 24.5 Å². The van der Waals surface area contributed by atoms with Gasteiger partial charge in [-0.25, -0.2) is 4.68 Å². The Bertz CT molecular complexity index is 1340. The zero-order valence-corrected chi connectivity index (χ0v) is 20.7. The molecule has 0 unspecified atom stereocenters. The van der Waals surface area contributed by atoms with E-state index in [-0.39, 0.29) is 11.7 Å². The summed E-state index contributed by atoms with van der Waals surface area (Å²) in [6.07, 6.45) is 1.80. The van der Waals surface area contributed by atoms with Gasteiger partial charge in [0, 0.05) is 12.1 Å². The second kappa shape index (κ2) is 10.1. The van der Waals surface area contributed by atoms with Crippen LogP contribution in [-0.2, 0) is 11.3 Å². The van der Waals surface area contributed by atoms with E-state index < -0.39 is 0 Å². The number of aryl methyl sites for hydroxylation is 3. The summed E-state index contributed by atoms with van der Waals surface area (Å²) in [4.78, 5) is 12.8. The van der Waals surface area contributed by atoms with Crippen LogP contribution in [0.5, 0.6) is 0 Å². The van der Waals surface area contributed by atoms with E-state index in [9.17, 15) is 4.79 Å². The third-order valence-electron chi connectivity index (χ3n) is 5.47. The van der Waals surface area contributed by atoms with Crippen molar-refractivity contribution in [2.45, 2.75) is 39.4 Å². The summed E-state index contributed by atoms with van der Waals surface area (Å²) in [5.74, 6) is 0.847. The highest BCUT2D eigenvalue weighted by atomic mass is 32.2. The molecule has 4 aromatic rings. The number of allylic oxidation sites excluding steroid dienone is 1. The zero-order chi connectivity index (χ0) is 24.2. The molecule has 174 valence electrons. The minimum absolute atomic E-state index is 0.120. The van der Waals surface area contributed by atoms with Crippen molar-refractivity contribution >= 4 is 23.4 Å². The number of amides is 1. The van der Waals surface area contributed by atoms with Crippen LogP contribution in [0.3, 0.4) is 0 Å². The van der Waals surface area contributed by atoms with Gasteiger partial charge in [0.1, 0.15) is 0 Å². The van der Waals surface area contributed by atoms with Gasteiger partial charge in [-0.15, -0.1) is 16.8 Å². The van der Waals surface area contributed by atoms with Crippen molar-refractivity contribution in [3.05, 3.63) is 83.7 Å². The Kier molecular flexibility index (Phi) is 6.98. The van der Waals surface area contributed by atoms with Crippen molar-refractivity contribution in [1.29, 1.82) is 0 Å². The van der Waals surface area contributed by atoms with Crippen LogP contribution in [0.1, 0.15) is 22.5 Å². The number of benzene rings is 2. The lowest BCUT2D eigenvalue weighted by atomic mass is 10.1. The van der Waals surface area contributed by atoms with Crippen molar-refractivity contribution < 1.29 is 4.79 Å². The fourth-order valence-corrected chi connectivity index (χ4v) is 4.50. The lowest BCUT2D eigenvalue weighted by Gasteiger charge is -2.09. The van der Waals surface area contributed by atoms with Crippen LogP contribution in [0.25, 0.3) is 17.1 Å². The molecular formula is C26H28N6OS. The highest BCUT2D eigenvalue weighted by Gasteiger charge is 2.18. The molecule has 34 heavy (non-hydrogen) atoms. The second-order valence-electron chi connectivity index (χ2n) is 8.20. The Morgan fingerprint density at radius 1 is 1.06 bits per heavy atom. The Balaban J connectivity index is 1.49. The van der Waals surface area contributed by atoms with E-state index in [1.54, 1.807) is 6.08 Å². The Hall–Kier alpha value is -3.65. The first kappa shape index (κ1) is 23.5. The van der Waals surface area contributed by atoms with Crippen LogP contribution in [0, 0.1) is 27.7 Å². The van der Waals surface area contributed by atoms with E-state index in [1.807, 2.05) is 79.4 Å². The summed E-state index contributed by atoms with van der Waals surface area (Å²) in [7, 11) is 0. The molecule has 1 N–H and O–H groups in total. The van der Waals surface area contributed by atoms with Crippen molar-refractivity contribution in [3.8, 4) is 17.1 Å². The molecule has 0 atom stereocenters. The molecule has 0 aliphatic rings. The van der Waals surface area contributed by atoms with Gasteiger partial charge in [0.05, 0.1) is 28.5 Å². The molecule has 0 saturated heterocycles. The maximum absolute atomic E-state index is 12.8. The van der Waals surface area contributed by atoms with Gasteiger partial charge >= 0.3 is 0 Å². The van der Waals surface area contributed by atoms with E-state index in [4.69, 9.17) is 0 Å². The summed E-state index contributed by atoms with van der Waals surface area (Å²) in [6.45, 7) is 12.4. The van der Waals surface area contributed by atoms with E-state index in [1.165, 1.54) is 17.3 Å². The fourth-order valence-electron chi connectivity index (χ4n) is 3.75. The molecule has 0 saturated carbocycles. The minimum Gasteiger partial charge on any atom is -0.322 e. The van der Waals surface area contributed by atoms with Crippen LogP contribution < -0.4 is 5.32 Å². The van der Waals surface area contributed by atoms with Gasteiger partial charge in [0.25, 0.3) is 0 Å². The second-order valence-corrected chi connectivity index (χ2v) is 9.15. The number of nitrogens with zero attached hydrogens (tertiary/aromatic N) is 5. The Labute approximate surface area is 203 Å². The molecular weight excluding hydrogens is 444 g/mol. The molecule has 0 fully saturated rings. The molecule has 0 bridgehead atoms. The SMILES string of the molecule is C=CCn1c(SCC(=O)Nc2c(C)nn(-c3ccc(C)cc3)c2C)nnc1-c1cccc(C)c1. The number of hydrogen-bond donors (Lipinski definition) is 1. The normalized spacial score (nSPS) is 10.9. The fraction of sp³-hybridized carbons (Fsp3) is 0.231. The smallest absolute Gasteiger partial charge is 0.234 e. The van der Waals surface area contributed by atoms with Gasteiger partial charge in [-0.05, 0) is 45.9 Å². The molecule has 0 spiro atoms. The van der Waals surface area contributed by atoms with E-state index in [0.717, 1.165) is 39.7 Å². The van der Waals surface area contributed by atoms with Crippen LogP contribution in [0.15, 0.2) is 66.3 Å². The molecule has 7 nitrogen and oxygen atoms in total. The molecule has 1 amide bonds. The van der Waals surface area contributed by atoms with Gasteiger partial charge in [-0.3, -0.25) is 9.36 Å². The third kappa shape index (κ3) is 4.97. The summed E-state index contributed by atoms with van der Waals surface area (Å²) in [5.41, 5.74) is 6.67. The van der Waals surface area contributed by atoms with Crippen LogP contribution in [-0.4, -0.2) is 36.2 Å². The zero-order valence-electron chi connectivity index (χ0n) is 19.9. The first-order valence-corrected chi connectivity index (χ1v) is 12.0. The van der Waals surface area contributed by atoms with Crippen LogP contribution in [0.4, 0.5) is 5.69 Å². The number of carbonyl (C=O) groups is 1. The topological polar surface area (TPSA) is 77.6 Å². The molecule has 2 heterocycles. The number of aromatic nitrogens is 5. The molecule has 4 rings (SSSR count). The molecule has 0 aliphatic heterocycles. The maximum Gasteiger partial charge on any atom is 0.234 e.